The molecule has 234 valence electrons. The highest BCUT2D eigenvalue weighted by Gasteiger charge is 2.34. The number of unbranched alkanes of at least 4 members (excludes halogenated alkanes) is 1. The van der Waals surface area contributed by atoms with Crippen LogP contribution in [-0.2, 0) is 32.2 Å². The quantitative estimate of drug-likeness (QED) is 0.207. The Labute approximate surface area is 258 Å². The Bertz CT molecular complexity index is 1380. The largest absolute Gasteiger partial charge is 0.481 e. The van der Waals surface area contributed by atoms with Gasteiger partial charge in [-0.1, -0.05) is 66.7 Å². The van der Waals surface area contributed by atoms with Gasteiger partial charge in [-0.2, -0.15) is 0 Å². The van der Waals surface area contributed by atoms with Gasteiger partial charge in [0.15, 0.2) is 6.29 Å². The molecular formula is C35H42N2O7. The summed E-state index contributed by atoms with van der Waals surface area (Å²) in [6, 6.07) is 24.0. The summed E-state index contributed by atoms with van der Waals surface area (Å²) < 4.78 is 13.0. The van der Waals surface area contributed by atoms with Gasteiger partial charge in [0.25, 0.3) is 0 Å². The number of nitrogens with one attached hydrogen (secondary N) is 1. The molecule has 0 radical (unpaired) electrons. The van der Waals surface area contributed by atoms with Crippen molar-refractivity contribution >= 4 is 11.9 Å². The molecule has 0 spiro atoms. The summed E-state index contributed by atoms with van der Waals surface area (Å²) in [4.78, 5) is 25.1. The van der Waals surface area contributed by atoms with Crippen LogP contribution >= 0.6 is 0 Å². The van der Waals surface area contributed by atoms with Crippen LogP contribution in [0, 0.1) is 0 Å². The van der Waals surface area contributed by atoms with E-state index in [0.29, 0.717) is 38.8 Å². The van der Waals surface area contributed by atoms with E-state index in [9.17, 15) is 19.8 Å². The highest BCUT2D eigenvalue weighted by molar-refractivity contribution is 5.76. The fourth-order valence-corrected chi connectivity index (χ4v) is 5.84. The van der Waals surface area contributed by atoms with Crippen LogP contribution in [0.25, 0.3) is 11.1 Å². The summed E-state index contributed by atoms with van der Waals surface area (Å²) in [5.74, 6) is -0.925. The molecule has 0 aliphatic carbocycles. The summed E-state index contributed by atoms with van der Waals surface area (Å²) in [6.45, 7) is 2.64. The predicted octanol–water partition coefficient (Wildman–Crippen LogP) is 4.72. The molecule has 2 saturated heterocycles. The molecule has 2 fully saturated rings. The lowest BCUT2D eigenvalue weighted by Gasteiger charge is -2.37. The number of carbonyl (C=O) groups is 2. The SMILES string of the molecule is O=C(O)CCCCC(=O)NCc1cccc(-c2ccc([C@@H]3O[C@H](CN4CC[C@H](O)C4)C[C@H](c4ccc(CO)cc4)O3)cc2)c1. The summed E-state index contributed by atoms with van der Waals surface area (Å²) in [6.07, 6.45) is 1.86. The molecule has 9 nitrogen and oxygen atoms in total. The fourth-order valence-electron chi connectivity index (χ4n) is 5.84. The summed E-state index contributed by atoms with van der Waals surface area (Å²) >= 11 is 0. The van der Waals surface area contributed by atoms with Crippen molar-refractivity contribution in [1.29, 1.82) is 0 Å². The average molecular weight is 603 g/mol. The molecular weight excluding hydrogens is 560 g/mol. The van der Waals surface area contributed by atoms with Crippen molar-refractivity contribution in [2.24, 2.45) is 0 Å². The van der Waals surface area contributed by atoms with Crippen molar-refractivity contribution < 1.29 is 34.4 Å². The molecule has 4 atom stereocenters. The molecule has 9 heteroatoms. The lowest BCUT2D eigenvalue weighted by molar-refractivity contribution is -0.252. The van der Waals surface area contributed by atoms with Gasteiger partial charge in [0.2, 0.25) is 5.91 Å². The number of carbonyl (C=O) groups excluding carboxylic acids is 1. The van der Waals surface area contributed by atoms with Gasteiger partial charge in [0, 0.05) is 51.0 Å². The van der Waals surface area contributed by atoms with E-state index in [1.807, 2.05) is 66.7 Å². The smallest absolute Gasteiger partial charge is 0.303 e. The van der Waals surface area contributed by atoms with Crippen molar-refractivity contribution in [2.75, 3.05) is 19.6 Å². The number of hydrogen-bond donors (Lipinski definition) is 4. The molecule has 2 aliphatic heterocycles. The molecule has 44 heavy (non-hydrogen) atoms. The first kappa shape index (κ1) is 31.8. The van der Waals surface area contributed by atoms with Crippen LogP contribution in [0.15, 0.2) is 72.8 Å². The van der Waals surface area contributed by atoms with Crippen LogP contribution in [-0.4, -0.2) is 63.9 Å². The number of aliphatic hydroxyl groups is 2. The van der Waals surface area contributed by atoms with Crippen molar-refractivity contribution in [2.45, 2.75) is 76.3 Å². The molecule has 3 aromatic carbocycles. The Morgan fingerprint density at radius 3 is 2.34 bits per heavy atom. The van der Waals surface area contributed by atoms with Gasteiger partial charge in [-0.15, -0.1) is 0 Å². The minimum absolute atomic E-state index is 0.00245. The molecule has 5 rings (SSSR count). The zero-order valence-corrected chi connectivity index (χ0v) is 24.9. The first-order valence-electron chi connectivity index (χ1n) is 15.4. The third kappa shape index (κ3) is 8.97. The molecule has 1 amide bonds. The van der Waals surface area contributed by atoms with Crippen molar-refractivity contribution in [1.82, 2.24) is 10.2 Å². The fraction of sp³-hybridized carbons (Fsp3) is 0.429. The van der Waals surface area contributed by atoms with Gasteiger partial charge in [-0.3, -0.25) is 14.5 Å². The van der Waals surface area contributed by atoms with Crippen LogP contribution in [0.5, 0.6) is 0 Å². The van der Waals surface area contributed by atoms with E-state index >= 15 is 0 Å². The van der Waals surface area contributed by atoms with Gasteiger partial charge < -0.3 is 30.1 Å². The maximum atomic E-state index is 12.2. The molecule has 2 aliphatic rings. The lowest BCUT2D eigenvalue weighted by atomic mass is 9.99. The van der Waals surface area contributed by atoms with E-state index in [2.05, 4.69) is 16.3 Å². The molecule has 3 aromatic rings. The van der Waals surface area contributed by atoms with Crippen LogP contribution in [0.1, 0.15) is 73.2 Å². The Kier molecular flexibility index (Phi) is 11.1. The Balaban J connectivity index is 1.23. The third-order valence-electron chi connectivity index (χ3n) is 8.30. The molecule has 4 N–H and O–H groups in total. The van der Waals surface area contributed by atoms with Crippen LogP contribution in [0.2, 0.25) is 0 Å². The van der Waals surface area contributed by atoms with E-state index in [4.69, 9.17) is 14.6 Å². The monoisotopic (exact) mass is 602 g/mol. The summed E-state index contributed by atoms with van der Waals surface area (Å²) in [7, 11) is 0. The molecule has 0 aromatic heterocycles. The number of carboxylic acids is 1. The maximum absolute atomic E-state index is 12.2. The number of β-amino-alcohol motifs (C(OH)–C–C–N with tert-alkyl or cyclic N) is 1. The van der Waals surface area contributed by atoms with Crippen LogP contribution < -0.4 is 5.32 Å². The normalized spacial score (nSPS) is 22.1. The molecule has 0 saturated carbocycles. The Morgan fingerprint density at radius 1 is 0.886 bits per heavy atom. The van der Waals surface area contributed by atoms with E-state index < -0.39 is 12.3 Å². The first-order chi connectivity index (χ1) is 21.4. The highest BCUT2D eigenvalue weighted by Crippen LogP contribution is 2.39. The lowest BCUT2D eigenvalue weighted by Crippen LogP contribution is -2.38. The third-order valence-corrected chi connectivity index (χ3v) is 8.30. The van der Waals surface area contributed by atoms with E-state index in [1.165, 1.54) is 0 Å². The summed E-state index contributed by atoms with van der Waals surface area (Å²) in [5.41, 5.74) is 5.86. The molecule has 0 bridgehead atoms. The Morgan fingerprint density at radius 2 is 1.64 bits per heavy atom. The first-order valence-corrected chi connectivity index (χ1v) is 15.4. The van der Waals surface area contributed by atoms with E-state index in [1.54, 1.807) is 0 Å². The minimum atomic E-state index is -0.841. The van der Waals surface area contributed by atoms with Crippen molar-refractivity contribution in [3.8, 4) is 11.1 Å². The van der Waals surface area contributed by atoms with Gasteiger partial charge >= 0.3 is 5.97 Å². The second-order valence-corrected chi connectivity index (χ2v) is 11.8. The van der Waals surface area contributed by atoms with Gasteiger partial charge in [0.1, 0.15) is 0 Å². The molecule has 0 unspecified atom stereocenters. The minimum Gasteiger partial charge on any atom is -0.481 e. The van der Waals surface area contributed by atoms with E-state index in [-0.39, 0.29) is 37.2 Å². The van der Waals surface area contributed by atoms with Crippen molar-refractivity contribution in [3.63, 3.8) is 0 Å². The number of likely N-dealkylation sites (tertiary alicyclic amines) is 1. The zero-order chi connectivity index (χ0) is 30.9. The predicted molar refractivity (Wildman–Crippen MR) is 165 cm³/mol. The number of benzene rings is 3. The average Bonchev–Trinajstić information content (AvgIpc) is 3.46. The second kappa shape index (κ2) is 15.4. The number of rotatable bonds is 13. The second-order valence-electron chi connectivity index (χ2n) is 11.8. The highest BCUT2D eigenvalue weighted by atomic mass is 16.7. The number of amides is 1. The van der Waals surface area contributed by atoms with Gasteiger partial charge in [-0.25, -0.2) is 0 Å². The van der Waals surface area contributed by atoms with Gasteiger partial charge in [-0.05, 0) is 53.1 Å². The Hall–Kier alpha value is -3.60. The topological polar surface area (TPSA) is 129 Å². The van der Waals surface area contributed by atoms with E-state index in [0.717, 1.165) is 52.9 Å². The van der Waals surface area contributed by atoms with Crippen molar-refractivity contribution in [3.05, 3.63) is 95.1 Å². The van der Waals surface area contributed by atoms with Crippen LogP contribution in [0.4, 0.5) is 0 Å². The number of carboxylic acid groups (broad SMARTS) is 1. The number of ether oxygens (including phenoxy) is 2. The van der Waals surface area contributed by atoms with Gasteiger partial charge in [0.05, 0.1) is 24.9 Å². The number of nitrogens with zero attached hydrogens (tertiary/aromatic N) is 1. The number of aliphatic hydroxyl groups excluding tert-OH is 2. The maximum Gasteiger partial charge on any atom is 0.303 e. The number of aliphatic carboxylic acids is 1. The standard InChI is InChI=1S/C35H42N2O7/c38-23-24-8-10-27(11-9-24)32-19-31(22-37-17-16-30(39)21-37)43-35(44-32)28-14-12-26(13-15-28)29-5-3-4-25(18-29)20-36-33(40)6-1-2-7-34(41)42/h3-5,8-15,18,30-32,35,38-39H,1-2,6-7,16-17,19-23H2,(H,36,40)(H,41,42)/t30-,31-,32+,35+/m0/s1. The molecule has 2 heterocycles. The number of hydrogen-bond acceptors (Lipinski definition) is 7. The zero-order valence-electron chi connectivity index (χ0n) is 24.9. The van der Waals surface area contributed by atoms with Crippen LogP contribution in [0.3, 0.4) is 0 Å². The summed E-state index contributed by atoms with van der Waals surface area (Å²) in [5, 5.41) is 31.1.